The van der Waals surface area contributed by atoms with Gasteiger partial charge in [0, 0.05) is 0 Å². The molecule has 0 aliphatic heterocycles. The zero-order valence-electron chi connectivity index (χ0n) is 10.0. The molecule has 0 aromatic heterocycles. The monoisotopic (exact) mass is 197 g/mol. The Bertz CT molecular complexity index is 129. The van der Waals surface area contributed by atoms with Crippen LogP contribution in [-0.4, -0.2) is 13.1 Å². The summed E-state index contributed by atoms with van der Waals surface area (Å²) in [5, 5.41) is 3.40. The highest BCUT2D eigenvalue weighted by Crippen LogP contribution is 2.35. The van der Waals surface area contributed by atoms with E-state index in [0.29, 0.717) is 0 Å². The van der Waals surface area contributed by atoms with E-state index in [1.165, 1.54) is 51.5 Å². The molecule has 1 saturated carbocycles. The van der Waals surface area contributed by atoms with Crippen LogP contribution in [-0.2, 0) is 0 Å². The fraction of sp³-hybridized carbons (Fsp3) is 1.00. The van der Waals surface area contributed by atoms with Crippen molar-refractivity contribution in [3.05, 3.63) is 0 Å². The second-order valence-electron chi connectivity index (χ2n) is 4.79. The van der Waals surface area contributed by atoms with Gasteiger partial charge in [0.05, 0.1) is 0 Å². The third kappa shape index (κ3) is 5.64. The predicted octanol–water partition coefficient (Wildman–Crippen LogP) is 3.59. The van der Waals surface area contributed by atoms with Gasteiger partial charge >= 0.3 is 0 Å². The second-order valence-corrected chi connectivity index (χ2v) is 4.79. The Morgan fingerprint density at radius 2 is 2.00 bits per heavy atom. The van der Waals surface area contributed by atoms with Gasteiger partial charge in [0.25, 0.3) is 0 Å². The highest BCUT2D eigenvalue weighted by Gasteiger charge is 2.21. The summed E-state index contributed by atoms with van der Waals surface area (Å²) in [5.74, 6) is 2.13. The van der Waals surface area contributed by atoms with Crippen molar-refractivity contribution in [1.29, 1.82) is 0 Å². The molecule has 0 saturated heterocycles. The first-order valence-electron chi connectivity index (χ1n) is 6.57. The quantitative estimate of drug-likeness (QED) is 0.557. The normalized spacial score (nSPS) is 18.4. The van der Waals surface area contributed by atoms with E-state index in [1.54, 1.807) is 0 Å². The predicted molar refractivity (Wildman–Crippen MR) is 63.5 cm³/mol. The Balaban J connectivity index is 1.93. The minimum Gasteiger partial charge on any atom is -0.317 e. The van der Waals surface area contributed by atoms with Crippen molar-refractivity contribution >= 4 is 0 Å². The molecule has 1 aliphatic rings. The van der Waals surface area contributed by atoms with Crippen LogP contribution in [0.2, 0.25) is 0 Å². The average Bonchev–Trinajstić information content (AvgIpc) is 3.01. The van der Waals surface area contributed by atoms with Crippen LogP contribution in [0.1, 0.15) is 58.8 Å². The maximum absolute atomic E-state index is 3.40. The summed E-state index contributed by atoms with van der Waals surface area (Å²) in [5.41, 5.74) is 0. The molecule has 0 spiro atoms. The van der Waals surface area contributed by atoms with Crippen LogP contribution in [0.25, 0.3) is 0 Å². The number of hydrogen-bond donors (Lipinski definition) is 1. The highest BCUT2D eigenvalue weighted by molar-refractivity contribution is 4.74. The Morgan fingerprint density at radius 3 is 2.57 bits per heavy atom. The Hall–Kier alpha value is -0.0400. The smallest absolute Gasteiger partial charge is 0.00489 e. The molecular formula is C13H27N. The number of rotatable bonds is 9. The van der Waals surface area contributed by atoms with Gasteiger partial charge in [-0.2, -0.15) is 0 Å². The first kappa shape index (κ1) is 12.0. The molecule has 0 aromatic carbocycles. The zero-order chi connectivity index (χ0) is 10.2. The SMILES string of the molecule is CCNCCCC(CC)CCC1CC1. The van der Waals surface area contributed by atoms with E-state index in [4.69, 9.17) is 0 Å². The van der Waals surface area contributed by atoms with Crippen LogP contribution < -0.4 is 5.32 Å². The van der Waals surface area contributed by atoms with Crippen molar-refractivity contribution in [1.82, 2.24) is 5.32 Å². The van der Waals surface area contributed by atoms with Crippen molar-refractivity contribution in [2.45, 2.75) is 58.8 Å². The number of hydrogen-bond acceptors (Lipinski definition) is 1. The van der Waals surface area contributed by atoms with Crippen LogP contribution in [0.4, 0.5) is 0 Å². The summed E-state index contributed by atoms with van der Waals surface area (Å²) in [6.45, 7) is 6.88. The first-order chi connectivity index (χ1) is 6.86. The molecule has 1 nitrogen and oxygen atoms in total. The van der Waals surface area contributed by atoms with Gasteiger partial charge in [0.2, 0.25) is 0 Å². The Morgan fingerprint density at radius 1 is 1.21 bits per heavy atom. The summed E-state index contributed by atoms with van der Waals surface area (Å²) in [4.78, 5) is 0. The van der Waals surface area contributed by atoms with Crippen LogP contribution >= 0.6 is 0 Å². The van der Waals surface area contributed by atoms with Crippen LogP contribution in [0.5, 0.6) is 0 Å². The minimum absolute atomic E-state index is 1.01. The summed E-state index contributed by atoms with van der Waals surface area (Å²) in [7, 11) is 0. The molecular weight excluding hydrogens is 170 g/mol. The molecule has 1 unspecified atom stereocenters. The lowest BCUT2D eigenvalue weighted by molar-refractivity contribution is 0.397. The van der Waals surface area contributed by atoms with Gasteiger partial charge in [-0.15, -0.1) is 0 Å². The average molecular weight is 197 g/mol. The fourth-order valence-corrected chi connectivity index (χ4v) is 2.12. The standard InChI is InChI=1S/C13H27N/c1-3-12(6-5-11-14-4-2)7-8-13-9-10-13/h12-14H,3-11H2,1-2H3. The zero-order valence-corrected chi connectivity index (χ0v) is 10.0. The Labute approximate surface area is 89.7 Å². The molecule has 0 radical (unpaired) electrons. The fourth-order valence-electron chi connectivity index (χ4n) is 2.12. The lowest BCUT2D eigenvalue weighted by Crippen LogP contribution is -2.15. The molecule has 84 valence electrons. The maximum atomic E-state index is 3.40. The van der Waals surface area contributed by atoms with Crippen LogP contribution in [0, 0.1) is 11.8 Å². The lowest BCUT2D eigenvalue weighted by atomic mass is 9.94. The molecule has 1 aliphatic carbocycles. The minimum atomic E-state index is 1.01. The van der Waals surface area contributed by atoms with E-state index in [0.717, 1.165) is 18.4 Å². The van der Waals surface area contributed by atoms with Gasteiger partial charge in [-0.1, -0.05) is 46.0 Å². The molecule has 14 heavy (non-hydrogen) atoms. The van der Waals surface area contributed by atoms with Gasteiger partial charge in [-0.25, -0.2) is 0 Å². The first-order valence-corrected chi connectivity index (χ1v) is 6.57. The molecule has 0 aromatic rings. The van der Waals surface area contributed by atoms with E-state index in [9.17, 15) is 0 Å². The maximum Gasteiger partial charge on any atom is -0.00489 e. The molecule has 0 amide bonds. The van der Waals surface area contributed by atoms with Crippen molar-refractivity contribution < 1.29 is 0 Å². The van der Waals surface area contributed by atoms with Crippen LogP contribution in [0.15, 0.2) is 0 Å². The van der Waals surface area contributed by atoms with E-state index in [-0.39, 0.29) is 0 Å². The summed E-state index contributed by atoms with van der Waals surface area (Å²) >= 11 is 0. The van der Waals surface area contributed by atoms with Gasteiger partial charge in [-0.3, -0.25) is 0 Å². The van der Waals surface area contributed by atoms with E-state index >= 15 is 0 Å². The highest BCUT2D eigenvalue weighted by atomic mass is 14.8. The van der Waals surface area contributed by atoms with Gasteiger partial charge in [0.15, 0.2) is 0 Å². The molecule has 1 heteroatoms. The van der Waals surface area contributed by atoms with Crippen molar-refractivity contribution in [2.24, 2.45) is 11.8 Å². The van der Waals surface area contributed by atoms with E-state index in [2.05, 4.69) is 19.2 Å². The van der Waals surface area contributed by atoms with Gasteiger partial charge in [0.1, 0.15) is 0 Å². The molecule has 1 rings (SSSR count). The van der Waals surface area contributed by atoms with E-state index < -0.39 is 0 Å². The van der Waals surface area contributed by atoms with Crippen molar-refractivity contribution in [3.63, 3.8) is 0 Å². The van der Waals surface area contributed by atoms with Gasteiger partial charge < -0.3 is 5.32 Å². The molecule has 0 bridgehead atoms. The molecule has 1 N–H and O–H groups in total. The summed E-state index contributed by atoms with van der Waals surface area (Å²) in [6, 6.07) is 0. The number of nitrogens with one attached hydrogen (secondary N) is 1. The molecule has 1 atom stereocenters. The molecule has 1 fully saturated rings. The third-order valence-electron chi connectivity index (χ3n) is 3.47. The lowest BCUT2D eigenvalue weighted by Gasteiger charge is -2.14. The topological polar surface area (TPSA) is 12.0 Å². The summed E-state index contributed by atoms with van der Waals surface area (Å²) in [6.07, 6.45) is 10.3. The second kappa shape index (κ2) is 7.28. The van der Waals surface area contributed by atoms with Crippen molar-refractivity contribution in [3.8, 4) is 0 Å². The van der Waals surface area contributed by atoms with E-state index in [1.807, 2.05) is 0 Å². The summed E-state index contributed by atoms with van der Waals surface area (Å²) < 4.78 is 0. The molecule has 0 heterocycles. The largest absolute Gasteiger partial charge is 0.317 e. The third-order valence-corrected chi connectivity index (χ3v) is 3.47. The Kier molecular flexibility index (Phi) is 6.25. The van der Waals surface area contributed by atoms with Gasteiger partial charge in [-0.05, 0) is 37.8 Å². The van der Waals surface area contributed by atoms with Crippen molar-refractivity contribution in [2.75, 3.05) is 13.1 Å². The van der Waals surface area contributed by atoms with Crippen LogP contribution in [0.3, 0.4) is 0 Å².